The summed E-state index contributed by atoms with van der Waals surface area (Å²) >= 11 is 6.48. The van der Waals surface area contributed by atoms with E-state index < -0.39 is 0 Å². The molecule has 3 rings (SSSR count). The minimum absolute atomic E-state index is 0.169. The van der Waals surface area contributed by atoms with E-state index in [0.717, 1.165) is 49.5 Å². The van der Waals surface area contributed by atoms with Crippen LogP contribution in [0.15, 0.2) is 16.5 Å². The first-order valence-electron chi connectivity index (χ1n) is 9.56. The van der Waals surface area contributed by atoms with E-state index in [9.17, 15) is 9.59 Å². The molecule has 1 aromatic carbocycles. The zero-order chi connectivity index (χ0) is 19.4. The van der Waals surface area contributed by atoms with Crippen LogP contribution in [0.4, 0.5) is 10.5 Å². The fraction of sp³-hybridized carbons (Fsp3) is 0.500. The van der Waals surface area contributed by atoms with Crippen molar-refractivity contribution in [1.29, 1.82) is 0 Å². The van der Waals surface area contributed by atoms with Gasteiger partial charge in [0.25, 0.3) is 5.91 Å². The molecule has 0 atom stereocenters. The summed E-state index contributed by atoms with van der Waals surface area (Å²) in [5.41, 5.74) is 2.05. The van der Waals surface area contributed by atoms with Gasteiger partial charge in [-0.05, 0) is 38.3 Å². The molecule has 0 bridgehead atoms. The molecule has 0 unspecified atom stereocenters. The molecule has 3 amide bonds. The van der Waals surface area contributed by atoms with Crippen LogP contribution in [-0.4, -0.2) is 37.0 Å². The van der Waals surface area contributed by atoms with Crippen LogP contribution in [0.25, 0.3) is 11.0 Å². The van der Waals surface area contributed by atoms with Crippen molar-refractivity contribution in [3.8, 4) is 0 Å². The first kappa shape index (κ1) is 19.5. The molecule has 0 saturated heterocycles. The second kappa shape index (κ2) is 8.65. The van der Waals surface area contributed by atoms with Crippen LogP contribution < -0.4 is 10.6 Å². The number of rotatable bonds is 2. The summed E-state index contributed by atoms with van der Waals surface area (Å²) in [5.74, 6) is 0.117. The van der Waals surface area contributed by atoms with Gasteiger partial charge in [0.15, 0.2) is 5.76 Å². The van der Waals surface area contributed by atoms with Crippen LogP contribution in [-0.2, 0) is 6.42 Å². The number of aryl methyl sites for hydroxylation is 1. The molecule has 1 aliphatic rings. The van der Waals surface area contributed by atoms with Gasteiger partial charge in [-0.3, -0.25) is 4.79 Å². The van der Waals surface area contributed by atoms with E-state index in [1.54, 1.807) is 24.1 Å². The Kier molecular flexibility index (Phi) is 6.26. The van der Waals surface area contributed by atoms with Gasteiger partial charge in [0.1, 0.15) is 5.58 Å². The number of carbonyl (C=O) groups is 2. The van der Waals surface area contributed by atoms with Crippen LogP contribution >= 0.6 is 11.6 Å². The third kappa shape index (κ3) is 4.38. The van der Waals surface area contributed by atoms with E-state index in [0.29, 0.717) is 29.4 Å². The lowest BCUT2D eigenvalue weighted by atomic mass is 10.0. The lowest BCUT2D eigenvalue weighted by molar-refractivity contribution is 0.0773. The Hall–Kier alpha value is -2.21. The number of nitrogens with zero attached hydrogens (tertiary/aromatic N) is 1. The number of anilines is 1. The zero-order valence-corrected chi connectivity index (χ0v) is 16.6. The SMILES string of the molecule is CCN(C)C(=O)c1cc2cc(Cl)c3c(c2o1)CCCCCCCNC(=O)N3. The maximum Gasteiger partial charge on any atom is 0.319 e. The Morgan fingerprint density at radius 3 is 2.74 bits per heavy atom. The number of furan rings is 1. The second-order valence-corrected chi connectivity index (χ2v) is 7.37. The van der Waals surface area contributed by atoms with Gasteiger partial charge < -0.3 is 20.0 Å². The normalized spacial score (nSPS) is 15.9. The highest BCUT2D eigenvalue weighted by Gasteiger charge is 2.22. The molecule has 2 N–H and O–H groups in total. The van der Waals surface area contributed by atoms with Gasteiger partial charge in [-0.2, -0.15) is 0 Å². The maximum atomic E-state index is 12.5. The molecule has 0 fully saturated rings. The number of nitrogens with one attached hydrogen (secondary N) is 2. The Balaban J connectivity index is 2.05. The standard InChI is InChI=1S/C20H26ClN3O3/c1-3-24(2)19(25)16-12-13-11-15(21)17-14(18(13)27-16)9-7-5-4-6-8-10-22-20(26)23-17/h11-12H,3-10H2,1-2H3,(H2,22,23,26). The zero-order valence-electron chi connectivity index (χ0n) is 15.9. The Morgan fingerprint density at radius 1 is 1.22 bits per heavy atom. The van der Waals surface area contributed by atoms with Crippen LogP contribution in [0.2, 0.25) is 5.02 Å². The molecule has 6 nitrogen and oxygen atoms in total. The monoisotopic (exact) mass is 391 g/mol. The molecule has 0 aliphatic carbocycles. The lowest BCUT2D eigenvalue weighted by Gasteiger charge is -2.16. The fourth-order valence-electron chi connectivity index (χ4n) is 3.34. The number of hydrogen-bond donors (Lipinski definition) is 2. The van der Waals surface area contributed by atoms with E-state index >= 15 is 0 Å². The lowest BCUT2D eigenvalue weighted by Crippen LogP contribution is -2.30. The number of amides is 3. The number of carbonyl (C=O) groups excluding carboxylic acids is 2. The molecule has 27 heavy (non-hydrogen) atoms. The Labute approximate surface area is 164 Å². The smallest absolute Gasteiger partial charge is 0.319 e. The number of benzene rings is 1. The predicted octanol–water partition coefficient (Wildman–Crippen LogP) is 4.81. The number of urea groups is 1. The van der Waals surface area contributed by atoms with E-state index in [4.69, 9.17) is 16.0 Å². The molecule has 0 radical (unpaired) electrons. The molecular formula is C20H26ClN3O3. The largest absolute Gasteiger partial charge is 0.451 e. The van der Waals surface area contributed by atoms with E-state index in [-0.39, 0.29) is 17.7 Å². The fourth-order valence-corrected chi connectivity index (χ4v) is 3.62. The molecule has 1 aliphatic heterocycles. The van der Waals surface area contributed by atoms with Gasteiger partial charge in [-0.15, -0.1) is 0 Å². The van der Waals surface area contributed by atoms with Gasteiger partial charge in [-0.25, -0.2) is 4.79 Å². The third-order valence-corrected chi connectivity index (χ3v) is 5.32. The van der Waals surface area contributed by atoms with Crippen molar-refractivity contribution in [2.45, 2.75) is 45.4 Å². The number of fused-ring (bicyclic) bond motifs is 3. The molecular weight excluding hydrogens is 366 g/mol. The van der Waals surface area contributed by atoms with E-state index in [1.165, 1.54) is 0 Å². The molecule has 2 heterocycles. The van der Waals surface area contributed by atoms with Gasteiger partial charge in [0.05, 0.1) is 10.7 Å². The molecule has 0 saturated carbocycles. The summed E-state index contributed by atoms with van der Waals surface area (Å²) in [6.45, 7) is 3.15. The minimum atomic E-state index is -0.272. The molecule has 7 heteroatoms. The molecule has 2 aromatic rings. The topological polar surface area (TPSA) is 74.6 Å². The van der Waals surface area contributed by atoms with Crippen molar-refractivity contribution in [1.82, 2.24) is 10.2 Å². The van der Waals surface area contributed by atoms with Gasteiger partial charge in [-0.1, -0.05) is 30.9 Å². The van der Waals surface area contributed by atoms with Gasteiger partial charge in [0, 0.05) is 31.1 Å². The maximum absolute atomic E-state index is 12.5. The van der Waals surface area contributed by atoms with Crippen molar-refractivity contribution in [3.05, 3.63) is 28.5 Å². The Morgan fingerprint density at radius 2 is 1.96 bits per heavy atom. The highest BCUT2D eigenvalue weighted by molar-refractivity contribution is 6.35. The summed E-state index contributed by atoms with van der Waals surface area (Å²) < 4.78 is 5.94. The first-order valence-corrected chi connectivity index (χ1v) is 9.94. The van der Waals surface area contributed by atoms with Crippen molar-refractivity contribution in [2.75, 3.05) is 25.5 Å². The van der Waals surface area contributed by atoms with E-state index in [2.05, 4.69) is 10.6 Å². The van der Waals surface area contributed by atoms with Gasteiger partial charge in [0.2, 0.25) is 0 Å². The van der Waals surface area contributed by atoms with Crippen molar-refractivity contribution in [3.63, 3.8) is 0 Å². The third-order valence-electron chi connectivity index (χ3n) is 5.02. The summed E-state index contributed by atoms with van der Waals surface area (Å²) in [6, 6.07) is 3.20. The van der Waals surface area contributed by atoms with Crippen molar-refractivity contribution < 1.29 is 14.0 Å². The average Bonchev–Trinajstić information content (AvgIpc) is 3.06. The summed E-state index contributed by atoms with van der Waals surface area (Å²) in [7, 11) is 1.74. The average molecular weight is 392 g/mol. The highest BCUT2D eigenvalue weighted by Crippen LogP contribution is 2.37. The van der Waals surface area contributed by atoms with Crippen LogP contribution in [0.1, 0.15) is 55.1 Å². The van der Waals surface area contributed by atoms with Crippen molar-refractivity contribution >= 4 is 40.2 Å². The molecule has 0 spiro atoms. The summed E-state index contributed by atoms with van der Waals surface area (Å²) in [6.07, 6.45) is 6.02. The van der Waals surface area contributed by atoms with Crippen LogP contribution in [0.3, 0.4) is 0 Å². The molecule has 146 valence electrons. The van der Waals surface area contributed by atoms with Crippen molar-refractivity contribution in [2.24, 2.45) is 0 Å². The van der Waals surface area contributed by atoms with Crippen LogP contribution in [0, 0.1) is 0 Å². The number of halogens is 1. The van der Waals surface area contributed by atoms with Crippen LogP contribution in [0.5, 0.6) is 0 Å². The quantitative estimate of drug-likeness (QED) is 0.771. The van der Waals surface area contributed by atoms with E-state index in [1.807, 2.05) is 6.92 Å². The Bertz CT molecular complexity index is 847. The number of hydrogen-bond acceptors (Lipinski definition) is 3. The van der Waals surface area contributed by atoms with Gasteiger partial charge >= 0.3 is 6.03 Å². The predicted molar refractivity (Wildman–Crippen MR) is 108 cm³/mol. The first-order chi connectivity index (χ1) is 13.0. The second-order valence-electron chi connectivity index (χ2n) is 6.96. The molecule has 1 aromatic heterocycles. The minimum Gasteiger partial charge on any atom is -0.451 e. The summed E-state index contributed by atoms with van der Waals surface area (Å²) in [4.78, 5) is 26.3. The summed E-state index contributed by atoms with van der Waals surface area (Å²) in [5, 5.41) is 6.97. The highest BCUT2D eigenvalue weighted by atomic mass is 35.5.